The highest BCUT2D eigenvalue weighted by molar-refractivity contribution is 6.05. The molecule has 0 fully saturated rings. The van der Waals surface area contributed by atoms with Gasteiger partial charge >= 0.3 is 0 Å². The monoisotopic (exact) mass is 366 g/mol. The van der Waals surface area contributed by atoms with Crippen molar-refractivity contribution >= 4 is 22.7 Å². The molecule has 0 radical (unpaired) electrons. The van der Waals surface area contributed by atoms with Crippen LogP contribution in [0.25, 0.3) is 11.0 Å². The third kappa shape index (κ3) is 2.87. The maximum atomic E-state index is 13.2. The standard InChI is InChI=1S/C23H18N4O/c28-23(17-11-5-2-6-12-17)27-21(15-20(26-27)16-9-3-1-4-10-16)22-24-18-13-7-8-14-19(18)25-22/h1-14,21H,15H2,(H,24,25)/t21-/m0/s1. The number of fused-ring (bicyclic) bond motifs is 1. The molecule has 4 aromatic rings. The van der Waals surface area contributed by atoms with Gasteiger partial charge in [-0.3, -0.25) is 4.79 Å². The van der Waals surface area contributed by atoms with E-state index in [0.717, 1.165) is 28.1 Å². The van der Waals surface area contributed by atoms with Crippen molar-refractivity contribution in [2.24, 2.45) is 5.10 Å². The summed E-state index contributed by atoms with van der Waals surface area (Å²) in [6, 6.07) is 26.8. The van der Waals surface area contributed by atoms with Gasteiger partial charge in [-0.2, -0.15) is 5.10 Å². The highest BCUT2D eigenvalue weighted by Crippen LogP contribution is 2.33. The van der Waals surface area contributed by atoms with Crippen LogP contribution in [0.15, 0.2) is 90.0 Å². The molecule has 0 saturated heterocycles. The molecule has 0 aliphatic carbocycles. The number of carbonyl (C=O) groups excluding carboxylic acids is 1. The van der Waals surface area contributed by atoms with Crippen LogP contribution in [-0.4, -0.2) is 26.6 Å². The summed E-state index contributed by atoms with van der Waals surface area (Å²) in [6.07, 6.45) is 0.614. The molecule has 0 spiro atoms. The Kier molecular flexibility index (Phi) is 3.98. The van der Waals surface area contributed by atoms with Crippen molar-refractivity contribution in [3.8, 4) is 0 Å². The Morgan fingerprint density at radius 2 is 1.57 bits per heavy atom. The second kappa shape index (κ2) is 6.78. The number of aromatic amines is 1. The van der Waals surface area contributed by atoms with Crippen molar-refractivity contribution in [1.29, 1.82) is 0 Å². The summed E-state index contributed by atoms with van der Waals surface area (Å²) in [7, 11) is 0. The maximum Gasteiger partial charge on any atom is 0.274 e. The third-order valence-corrected chi connectivity index (χ3v) is 4.97. The van der Waals surface area contributed by atoms with Crippen molar-refractivity contribution < 1.29 is 4.79 Å². The number of carbonyl (C=O) groups is 1. The number of nitrogens with one attached hydrogen (secondary N) is 1. The lowest BCUT2D eigenvalue weighted by atomic mass is 10.0. The van der Waals surface area contributed by atoms with Gasteiger partial charge in [0.1, 0.15) is 11.9 Å². The fraction of sp³-hybridized carbons (Fsp3) is 0.0870. The molecule has 5 heteroatoms. The number of rotatable bonds is 3. The van der Waals surface area contributed by atoms with E-state index in [9.17, 15) is 4.79 Å². The molecule has 3 aromatic carbocycles. The predicted molar refractivity (Wildman–Crippen MR) is 109 cm³/mol. The zero-order chi connectivity index (χ0) is 18.9. The lowest BCUT2D eigenvalue weighted by Gasteiger charge is -2.19. The molecular formula is C23H18N4O. The molecule has 0 bridgehead atoms. The van der Waals surface area contributed by atoms with Crippen LogP contribution in [0.3, 0.4) is 0 Å². The van der Waals surface area contributed by atoms with Crippen LogP contribution in [0.4, 0.5) is 0 Å². The minimum atomic E-state index is -0.268. The normalized spacial score (nSPS) is 16.4. The van der Waals surface area contributed by atoms with E-state index >= 15 is 0 Å². The molecule has 136 valence electrons. The lowest BCUT2D eigenvalue weighted by molar-refractivity contribution is 0.0705. The second-order valence-corrected chi connectivity index (χ2v) is 6.79. The van der Waals surface area contributed by atoms with Crippen molar-refractivity contribution in [3.05, 3.63) is 102 Å². The van der Waals surface area contributed by atoms with E-state index in [1.807, 2.05) is 84.9 Å². The van der Waals surface area contributed by atoms with Gasteiger partial charge in [0.05, 0.1) is 16.7 Å². The molecule has 5 rings (SSSR count). The molecule has 0 saturated carbocycles. The van der Waals surface area contributed by atoms with E-state index < -0.39 is 0 Å². The van der Waals surface area contributed by atoms with E-state index in [-0.39, 0.29) is 11.9 Å². The molecule has 0 unspecified atom stereocenters. The Balaban J connectivity index is 1.57. The molecule has 5 nitrogen and oxygen atoms in total. The van der Waals surface area contributed by atoms with Gasteiger partial charge in [0.25, 0.3) is 5.91 Å². The van der Waals surface area contributed by atoms with E-state index in [4.69, 9.17) is 10.1 Å². The van der Waals surface area contributed by atoms with Crippen LogP contribution in [0.5, 0.6) is 0 Å². The first-order chi connectivity index (χ1) is 13.8. The van der Waals surface area contributed by atoms with Gasteiger partial charge in [-0.05, 0) is 29.8 Å². The average molecular weight is 366 g/mol. The number of imidazole rings is 1. The highest BCUT2D eigenvalue weighted by atomic mass is 16.2. The fourth-order valence-electron chi connectivity index (χ4n) is 3.56. The average Bonchev–Trinajstić information content (AvgIpc) is 3.39. The van der Waals surface area contributed by atoms with Gasteiger partial charge in [-0.25, -0.2) is 9.99 Å². The van der Waals surface area contributed by atoms with E-state index in [1.165, 1.54) is 0 Å². The summed E-state index contributed by atoms with van der Waals surface area (Å²) < 4.78 is 0. The number of hydrogen-bond acceptors (Lipinski definition) is 3. The number of para-hydroxylation sites is 2. The van der Waals surface area contributed by atoms with Gasteiger partial charge in [0.15, 0.2) is 0 Å². The van der Waals surface area contributed by atoms with Crippen LogP contribution in [-0.2, 0) is 0 Å². The summed E-state index contributed by atoms with van der Waals surface area (Å²) in [4.78, 5) is 21.3. The van der Waals surface area contributed by atoms with Gasteiger partial charge in [0.2, 0.25) is 0 Å². The van der Waals surface area contributed by atoms with Crippen molar-refractivity contribution in [2.45, 2.75) is 12.5 Å². The van der Waals surface area contributed by atoms with Gasteiger partial charge in [-0.1, -0.05) is 60.7 Å². The summed E-state index contributed by atoms with van der Waals surface area (Å²) >= 11 is 0. The molecular weight excluding hydrogens is 348 g/mol. The van der Waals surface area contributed by atoms with Crippen LogP contribution >= 0.6 is 0 Å². The molecule has 1 aliphatic heterocycles. The number of H-pyrrole nitrogens is 1. The largest absolute Gasteiger partial charge is 0.340 e. The fourth-order valence-corrected chi connectivity index (χ4v) is 3.56. The topological polar surface area (TPSA) is 61.4 Å². The Labute approximate surface area is 162 Å². The summed E-state index contributed by atoms with van der Waals surface area (Å²) in [5.74, 6) is 0.622. The molecule has 1 aromatic heterocycles. The Hall–Kier alpha value is -3.73. The van der Waals surface area contributed by atoms with Gasteiger partial charge < -0.3 is 4.98 Å². The third-order valence-electron chi connectivity index (χ3n) is 4.97. The summed E-state index contributed by atoms with van der Waals surface area (Å²) in [6.45, 7) is 0. The minimum absolute atomic E-state index is 0.128. The Bertz CT molecular complexity index is 1130. The summed E-state index contributed by atoms with van der Waals surface area (Å²) in [5.41, 5.74) is 4.36. The quantitative estimate of drug-likeness (QED) is 0.578. The Morgan fingerprint density at radius 1 is 0.893 bits per heavy atom. The van der Waals surface area contributed by atoms with Crippen molar-refractivity contribution in [3.63, 3.8) is 0 Å². The molecule has 1 N–H and O–H groups in total. The zero-order valence-electron chi connectivity index (χ0n) is 15.1. The molecule has 1 atom stereocenters. The summed E-state index contributed by atoms with van der Waals surface area (Å²) in [5, 5.41) is 6.27. The minimum Gasteiger partial charge on any atom is -0.340 e. The first-order valence-corrected chi connectivity index (χ1v) is 9.26. The lowest BCUT2D eigenvalue weighted by Crippen LogP contribution is -2.27. The highest BCUT2D eigenvalue weighted by Gasteiger charge is 2.35. The van der Waals surface area contributed by atoms with Crippen molar-refractivity contribution in [2.75, 3.05) is 0 Å². The zero-order valence-corrected chi connectivity index (χ0v) is 15.1. The SMILES string of the molecule is O=C(c1ccccc1)N1N=C(c2ccccc2)C[C@H]1c1nc2ccccc2[nH]1. The number of aromatic nitrogens is 2. The number of nitrogens with zero attached hydrogens (tertiary/aromatic N) is 3. The van der Waals surface area contributed by atoms with E-state index in [2.05, 4.69) is 4.98 Å². The molecule has 1 amide bonds. The number of hydrazone groups is 1. The van der Waals surface area contributed by atoms with Crippen LogP contribution in [0.2, 0.25) is 0 Å². The first-order valence-electron chi connectivity index (χ1n) is 9.26. The van der Waals surface area contributed by atoms with Crippen LogP contribution < -0.4 is 0 Å². The van der Waals surface area contributed by atoms with Gasteiger partial charge in [0, 0.05) is 12.0 Å². The van der Waals surface area contributed by atoms with E-state index in [1.54, 1.807) is 5.01 Å². The molecule has 2 heterocycles. The molecule has 28 heavy (non-hydrogen) atoms. The Morgan fingerprint density at radius 3 is 2.32 bits per heavy atom. The number of amides is 1. The van der Waals surface area contributed by atoms with Crippen LogP contribution in [0, 0.1) is 0 Å². The number of hydrogen-bond donors (Lipinski definition) is 1. The van der Waals surface area contributed by atoms with Crippen LogP contribution in [0.1, 0.15) is 34.2 Å². The predicted octanol–water partition coefficient (Wildman–Crippen LogP) is 4.55. The maximum absolute atomic E-state index is 13.2. The molecule has 1 aliphatic rings. The van der Waals surface area contributed by atoms with Crippen molar-refractivity contribution in [1.82, 2.24) is 15.0 Å². The first kappa shape index (κ1) is 16.4. The van der Waals surface area contributed by atoms with Gasteiger partial charge in [-0.15, -0.1) is 0 Å². The number of benzene rings is 3. The second-order valence-electron chi connectivity index (χ2n) is 6.79. The smallest absolute Gasteiger partial charge is 0.274 e. The van der Waals surface area contributed by atoms with E-state index in [0.29, 0.717) is 12.0 Å².